The Hall–Kier alpha value is -3.80. The first kappa shape index (κ1) is 26.3. The van der Waals surface area contributed by atoms with E-state index in [1.54, 1.807) is 12.1 Å². The van der Waals surface area contributed by atoms with Gasteiger partial charge in [-0.1, -0.05) is 49.7 Å². The quantitative estimate of drug-likeness (QED) is 0.290. The molecular formula is C31H36N2O4. The number of anilines is 2. The highest BCUT2D eigenvalue weighted by Gasteiger charge is 2.20. The standard InChI is InChI=1S/C31H36N2O4/c1-2-3-20-37-29-17-15-25(33-18-8-5-9-19-33)22-27(29)30(34)32-28-21-24(14-16-26(28)31(35)36)13-12-23-10-6-4-7-11-23/h4,6-7,10-11,14-17,21-22H,2-3,5,8-9,12-13,18-20H2,1H3,(H,32,34)(H,35,36). The van der Waals surface area contributed by atoms with Gasteiger partial charge in [0, 0.05) is 18.8 Å². The Bertz CT molecular complexity index is 1200. The molecule has 4 rings (SSSR count). The minimum absolute atomic E-state index is 0.0671. The van der Waals surface area contributed by atoms with Crippen molar-refractivity contribution in [3.63, 3.8) is 0 Å². The molecule has 0 aromatic heterocycles. The second-order valence-electron chi connectivity index (χ2n) is 9.55. The summed E-state index contributed by atoms with van der Waals surface area (Å²) >= 11 is 0. The molecule has 0 saturated carbocycles. The van der Waals surface area contributed by atoms with Gasteiger partial charge in [0.05, 0.1) is 23.4 Å². The van der Waals surface area contributed by atoms with E-state index >= 15 is 0 Å². The Kier molecular flexibility index (Phi) is 9.19. The number of carboxylic acids is 1. The highest BCUT2D eigenvalue weighted by molar-refractivity contribution is 6.09. The van der Waals surface area contributed by atoms with Crippen LogP contribution in [0.2, 0.25) is 0 Å². The summed E-state index contributed by atoms with van der Waals surface area (Å²) in [7, 11) is 0. The third-order valence-corrected chi connectivity index (χ3v) is 6.79. The summed E-state index contributed by atoms with van der Waals surface area (Å²) in [6.45, 7) is 4.54. The lowest BCUT2D eigenvalue weighted by Gasteiger charge is -2.29. The average molecular weight is 501 g/mol. The van der Waals surface area contributed by atoms with Crippen molar-refractivity contribution in [3.8, 4) is 5.75 Å². The van der Waals surface area contributed by atoms with Gasteiger partial charge >= 0.3 is 5.97 Å². The van der Waals surface area contributed by atoms with Crippen LogP contribution in [0.15, 0.2) is 66.7 Å². The van der Waals surface area contributed by atoms with Crippen LogP contribution in [0.1, 0.15) is 70.9 Å². The van der Waals surface area contributed by atoms with Crippen LogP contribution in [0.4, 0.5) is 11.4 Å². The minimum Gasteiger partial charge on any atom is -0.493 e. The number of nitrogens with zero attached hydrogens (tertiary/aromatic N) is 1. The smallest absolute Gasteiger partial charge is 0.337 e. The van der Waals surface area contributed by atoms with Crippen molar-refractivity contribution in [3.05, 3.63) is 89.0 Å². The number of hydrogen-bond acceptors (Lipinski definition) is 4. The molecule has 0 unspecified atom stereocenters. The molecule has 1 aliphatic heterocycles. The van der Waals surface area contributed by atoms with Crippen LogP contribution >= 0.6 is 0 Å². The molecule has 0 radical (unpaired) electrons. The molecule has 1 amide bonds. The SMILES string of the molecule is CCCCOc1ccc(N2CCCCC2)cc1C(=O)Nc1cc(CCc2ccccc2)ccc1C(=O)O. The number of piperidine rings is 1. The van der Waals surface area contributed by atoms with Gasteiger partial charge in [-0.05, 0) is 80.0 Å². The maximum atomic E-state index is 13.6. The molecule has 1 saturated heterocycles. The van der Waals surface area contributed by atoms with Crippen LogP contribution in [0.3, 0.4) is 0 Å². The van der Waals surface area contributed by atoms with Crippen molar-refractivity contribution in [2.45, 2.75) is 51.9 Å². The Labute approximate surface area is 219 Å². The molecule has 0 spiro atoms. The van der Waals surface area contributed by atoms with Crippen molar-refractivity contribution in [2.24, 2.45) is 0 Å². The molecule has 0 atom stereocenters. The van der Waals surface area contributed by atoms with Crippen molar-refractivity contribution >= 4 is 23.3 Å². The largest absolute Gasteiger partial charge is 0.493 e. The highest BCUT2D eigenvalue weighted by Crippen LogP contribution is 2.29. The number of unbranched alkanes of at least 4 members (excludes halogenated alkanes) is 1. The molecule has 0 bridgehead atoms. The van der Waals surface area contributed by atoms with Gasteiger partial charge < -0.3 is 20.1 Å². The van der Waals surface area contributed by atoms with E-state index in [0.717, 1.165) is 62.9 Å². The van der Waals surface area contributed by atoms with Crippen LogP contribution in [-0.4, -0.2) is 36.7 Å². The van der Waals surface area contributed by atoms with Crippen LogP contribution in [0.5, 0.6) is 5.75 Å². The second-order valence-corrected chi connectivity index (χ2v) is 9.55. The summed E-state index contributed by atoms with van der Waals surface area (Å²) in [4.78, 5) is 27.8. The lowest BCUT2D eigenvalue weighted by molar-refractivity contribution is 0.0698. The number of aryl methyl sites for hydroxylation is 2. The molecule has 194 valence electrons. The molecule has 6 heteroatoms. The number of aromatic carboxylic acids is 1. The molecule has 1 fully saturated rings. The van der Waals surface area contributed by atoms with E-state index < -0.39 is 5.97 Å². The number of ether oxygens (including phenoxy) is 1. The van der Waals surface area contributed by atoms with Crippen molar-refractivity contribution in [2.75, 3.05) is 29.9 Å². The fourth-order valence-electron chi connectivity index (χ4n) is 4.66. The first-order chi connectivity index (χ1) is 18.0. The molecule has 3 aromatic rings. The van der Waals surface area contributed by atoms with E-state index in [2.05, 4.69) is 29.3 Å². The normalized spacial score (nSPS) is 13.3. The van der Waals surface area contributed by atoms with Gasteiger partial charge in [-0.15, -0.1) is 0 Å². The van der Waals surface area contributed by atoms with Gasteiger partial charge in [0.2, 0.25) is 0 Å². The molecule has 37 heavy (non-hydrogen) atoms. The second kappa shape index (κ2) is 12.9. The number of carbonyl (C=O) groups excluding carboxylic acids is 1. The first-order valence-corrected chi connectivity index (χ1v) is 13.3. The van der Waals surface area contributed by atoms with Crippen LogP contribution < -0.4 is 15.0 Å². The number of nitrogens with one attached hydrogen (secondary N) is 1. The summed E-state index contributed by atoms with van der Waals surface area (Å²) in [5.41, 5.74) is 3.95. The lowest BCUT2D eigenvalue weighted by Crippen LogP contribution is -2.29. The molecule has 1 heterocycles. The summed E-state index contributed by atoms with van der Waals surface area (Å²) in [5, 5.41) is 12.7. The zero-order valence-electron chi connectivity index (χ0n) is 21.5. The van der Waals surface area contributed by atoms with E-state index in [1.807, 2.05) is 42.5 Å². The fraction of sp³-hybridized carbons (Fsp3) is 0.355. The molecule has 0 aliphatic carbocycles. The van der Waals surface area contributed by atoms with Crippen LogP contribution in [0, 0.1) is 0 Å². The van der Waals surface area contributed by atoms with Gasteiger partial charge in [-0.2, -0.15) is 0 Å². The predicted molar refractivity (Wildman–Crippen MR) is 148 cm³/mol. The number of benzene rings is 3. The highest BCUT2D eigenvalue weighted by atomic mass is 16.5. The molecule has 2 N–H and O–H groups in total. The number of amides is 1. The summed E-state index contributed by atoms with van der Waals surface area (Å²) in [5.74, 6) is -0.928. The number of carbonyl (C=O) groups is 2. The summed E-state index contributed by atoms with van der Waals surface area (Å²) in [6.07, 6.45) is 6.94. The Morgan fingerprint density at radius 3 is 2.38 bits per heavy atom. The lowest BCUT2D eigenvalue weighted by atomic mass is 10.0. The Morgan fingerprint density at radius 1 is 0.892 bits per heavy atom. The van der Waals surface area contributed by atoms with Gasteiger partial charge in [-0.25, -0.2) is 4.79 Å². The zero-order chi connectivity index (χ0) is 26.0. The van der Waals surface area contributed by atoms with E-state index in [0.29, 0.717) is 23.6 Å². The summed E-state index contributed by atoms with van der Waals surface area (Å²) in [6, 6.07) is 21.1. The monoisotopic (exact) mass is 500 g/mol. The molecular weight excluding hydrogens is 464 g/mol. The van der Waals surface area contributed by atoms with Crippen LogP contribution in [-0.2, 0) is 12.8 Å². The Balaban J connectivity index is 1.59. The van der Waals surface area contributed by atoms with Crippen molar-refractivity contribution in [1.82, 2.24) is 0 Å². The molecule has 1 aliphatic rings. The van der Waals surface area contributed by atoms with Gasteiger partial charge in [0.1, 0.15) is 5.75 Å². The maximum absolute atomic E-state index is 13.6. The topological polar surface area (TPSA) is 78.9 Å². The van der Waals surface area contributed by atoms with Crippen molar-refractivity contribution in [1.29, 1.82) is 0 Å². The van der Waals surface area contributed by atoms with E-state index in [1.165, 1.54) is 12.0 Å². The predicted octanol–water partition coefficient (Wildman–Crippen LogP) is 6.59. The van der Waals surface area contributed by atoms with Gasteiger partial charge in [-0.3, -0.25) is 4.79 Å². The molecule has 3 aromatic carbocycles. The van der Waals surface area contributed by atoms with Gasteiger partial charge in [0.15, 0.2) is 0 Å². The van der Waals surface area contributed by atoms with E-state index in [-0.39, 0.29) is 11.5 Å². The number of carboxylic acid groups (broad SMARTS) is 1. The first-order valence-electron chi connectivity index (χ1n) is 13.3. The van der Waals surface area contributed by atoms with Gasteiger partial charge in [0.25, 0.3) is 5.91 Å². The maximum Gasteiger partial charge on any atom is 0.337 e. The van der Waals surface area contributed by atoms with Crippen LogP contribution in [0.25, 0.3) is 0 Å². The fourth-order valence-corrected chi connectivity index (χ4v) is 4.66. The zero-order valence-corrected chi connectivity index (χ0v) is 21.5. The Morgan fingerprint density at radius 2 is 1.65 bits per heavy atom. The van der Waals surface area contributed by atoms with E-state index in [4.69, 9.17) is 4.74 Å². The van der Waals surface area contributed by atoms with Crippen molar-refractivity contribution < 1.29 is 19.4 Å². The third kappa shape index (κ3) is 7.13. The third-order valence-electron chi connectivity index (χ3n) is 6.79. The summed E-state index contributed by atoms with van der Waals surface area (Å²) < 4.78 is 5.97. The molecule has 6 nitrogen and oxygen atoms in total. The van der Waals surface area contributed by atoms with E-state index in [9.17, 15) is 14.7 Å². The minimum atomic E-state index is -1.08. The average Bonchev–Trinajstić information content (AvgIpc) is 2.93. The number of hydrogen-bond donors (Lipinski definition) is 2. The number of rotatable bonds is 11.